The fourth-order valence-electron chi connectivity index (χ4n) is 2.63. The number of nitrogen functional groups attached to an aromatic ring is 1. The molecule has 1 atom stereocenters. The fourth-order valence-corrected chi connectivity index (χ4v) is 3.10. The van der Waals surface area contributed by atoms with Crippen LogP contribution in [0.3, 0.4) is 0 Å². The Balaban J connectivity index is 1.78. The first-order valence-corrected chi connectivity index (χ1v) is 9.03. The van der Waals surface area contributed by atoms with E-state index in [0.29, 0.717) is 28.4 Å². The van der Waals surface area contributed by atoms with Gasteiger partial charge < -0.3 is 14.7 Å². The van der Waals surface area contributed by atoms with Gasteiger partial charge in [0.05, 0.1) is 17.6 Å². The minimum absolute atomic E-state index is 0.0498. The van der Waals surface area contributed by atoms with Gasteiger partial charge in [-0.25, -0.2) is 19.2 Å². The fraction of sp³-hybridized carbons (Fsp3) is 0.0556. The maximum atomic E-state index is 11.0. The molecule has 0 saturated heterocycles. The Morgan fingerprint density at radius 2 is 1.96 bits per heavy atom. The molecular weight excluding hydrogens is 352 g/mol. The first kappa shape index (κ1) is 16.4. The molecule has 0 fully saturated rings. The smallest absolute Gasteiger partial charge is 0.250 e. The van der Waals surface area contributed by atoms with Gasteiger partial charge in [-0.2, -0.15) is 0 Å². The monoisotopic (exact) mass is 366 g/mol. The van der Waals surface area contributed by atoms with Crippen LogP contribution in [-0.4, -0.2) is 23.7 Å². The third kappa shape index (κ3) is 3.19. The second-order valence-corrected chi connectivity index (χ2v) is 6.57. The summed E-state index contributed by atoms with van der Waals surface area (Å²) in [5.74, 6) is 0.562. The molecule has 2 aromatic heterocycles. The van der Waals surface area contributed by atoms with Crippen LogP contribution >= 0.6 is 0 Å². The maximum absolute atomic E-state index is 11.0. The summed E-state index contributed by atoms with van der Waals surface area (Å²) in [6.45, 7) is 0. The van der Waals surface area contributed by atoms with Gasteiger partial charge in [-0.1, -0.05) is 30.3 Å². The molecule has 0 saturated carbocycles. The topological polar surface area (TPSA) is 115 Å². The van der Waals surface area contributed by atoms with Crippen molar-refractivity contribution in [2.45, 2.75) is 5.75 Å². The summed E-state index contributed by atoms with van der Waals surface area (Å²) in [6.07, 6.45) is 1.55. The number of hydrogen-bond acceptors (Lipinski definition) is 6. The van der Waals surface area contributed by atoms with E-state index in [-0.39, 0.29) is 11.6 Å². The standard InChI is InChI=1S/C18H14N4O3S/c19-17-16(18-22-13-6-1-2-7-15(13)25-18)21-14(9-20-17)12-5-3-4-11(8-12)10-26(23)24/h1-9H,10H2,(H2,19,20)(H,23,24). The van der Waals surface area contributed by atoms with Crippen LogP contribution in [-0.2, 0) is 16.8 Å². The van der Waals surface area contributed by atoms with Crippen LogP contribution in [0.25, 0.3) is 33.9 Å². The molecule has 0 aliphatic carbocycles. The molecule has 26 heavy (non-hydrogen) atoms. The van der Waals surface area contributed by atoms with Crippen molar-refractivity contribution in [1.82, 2.24) is 15.0 Å². The van der Waals surface area contributed by atoms with Crippen molar-refractivity contribution in [3.05, 3.63) is 60.3 Å². The van der Waals surface area contributed by atoms with Crippen molar-refractivity contribution in [3.63, 3.8) is 0 Å². The lowest BCUT2D eigenvalue weighted by atomic mass is 10.1. The maximum Gasteiger partial charge on any atom is 0.250 e. The van der Waals surface area contributed by atoms with Crippen molar-refractivity contribution in [3.8, 4) is 22.8 Å². The Labute approximate surface area is 151 Å². The SMILES string of the molecule is Nc1ncc(-c2cccc(CS(=O)O)c2)nc1-c1nc2ccccc2o1. The number of nitrogens with two attached hydrogens (primary N) is 1. The number of anilines is 1. The predicted octanol–water partition coefficient (Wildman–Crippen LogP) is 3.26. The molecule has 4 rings (SSSR count). The number of benzene rings is 2. The van der Waals surface area contributed by atoms with E-state index in [0.717, 1.165) is 11.1 Å². The molecule has 0 amide bonds. The van der Waals surface area contributed by atoms with Crippen LogP contribution in [0.1, 0.15) is 5.56 Å². The van der Waals surface area contributed by atoms with Crippen LogP contribution in [0.4, 0.5) is 5.82 Å². The van der Waals surface area contributed by atoms with Crippen LogP contribution in [0.2, 0.25) is 0 Å². The molecule has 0 radical (unpaired) electrons. The highest BCUT2D eigenvalue weighted by Crippen LogP contribution is 2.28. The van der Waals surface area contributed by atoms with Crippen molar-refractivity contribution < 1.29 is 13.2 Å². The van der Waals surface area contributed by atoms with E-state index in [4.69, 9.17) is 14.7 Å². The lowest BCUT2D eigenvalue weighted by Crippen LogP contribution is -1.99. The summed E-state index contributed by atoms with van der Waals surface area (Å²) in [4.78, 5) is 13.2. The van der Waals surface area contributed by atoms with E-state index in [1.807, 2.05) is 30.3 Å². The van der Waals surface area contributed by atoms with E-state index >= 15 is 0 Å². The Morgan fingerprint density at radius 1 is 1.12 bits per heavy atom. The highest BCUT2D eigenvalue weighted by molar-refractivity contribution is 7.78. The average molecular weight is 366 g/mol. The Hall–Kier alpha value is -3.10. The van der Waals surface area contributed by atoms with Gasteiger partial charge in [0.1, 0.15) is 5.52 Å². The van der Waals surface area contributed by atoms with Gasteiger partial charge in [0.15, 0.2) is 28.2 Å². The van der Waals surface area contributed by atoms with Crippen LogP contribution in [0, 0.1) is 0 Å². The number of oxazole rings is 1. The summed E-state index contributed by atoms with van der Waals surface area (Å²) in [7, 11) is 0. The first-order chi connectivity index (χ1) is 12.6. The molecular formula is C18H14N4O3S. The van der Waals surface area contributed by atoms with Crippen molar-refractivity contribution in [1.29, 1.82) is 0 Å². The molecule has 0 aliphatic rings. The van der Waals surface area contributed by atoms with E-state index in [9.17, 15) is 4.21 Å². The average Bonchev–Trinajstić information content (AvgIpc) is 3.05. The van der Waals surface area contributed by atoms with E-state index < -0.39 is 11.1 Å². The lowest BCUT2D eigenvalue weighted by molar-refractivity contribution is 0.563. The van der Waals surface area contributed by atoms with Gasteiger partial charge in [0, 0.05) is 5.56 Å². The highest BCUT2D eigenvalue weighted by atomic mass is 32.2. The van der Waals surface area contributed by atoms with Crippen molar-refractivity contribution in [2.75, 3.05) is 5.73 Å². The molecule has 130 valence electrons. The summed E-state index contributed by atoms with van der Waals surface area (Å²) in [6, 6.07) is 14.6. The van der Waals surface area contributed by atoms with Crippen LogP contribution < -0.4 is 5.73 Å². The second-order valence-electron chi connectivity index (χ2n) is 5.64. The Bertz CT molecular complexity index is 1090. The van der Waals surface area contributed by atoms with Gasteiger partial charge in [0.25, 0.3) is 0 Å². The number of nitrogens with zero attached hydrogens (tertiary/aromatic N) is 3. The number of aromatic nitrogens is 3. The predicted molar refractivity (Wildman–Crippen MR) is 99.4 cm³/mol. The van der Waals surface area contributed by atoms with E-state index in [2.05, 4.69) is 15.0 Å². The minimum atomic E-state index is -1.91. The number of hydrogen-bond donors (Lipinski definition) is 2. The molecule has 0 spiro atoms. The van der Waals surface area contributed by atoms with E-state index in [1.165, 1.54) is 0 Å². The van der Waals surface area contributed by atoms with Crippen molar-refractivity contribution >= 4 is 28.0 Å². The highest BCUT2D eigenvalue weighted by Gasteiger charge is 2.15. The van der Waals surface area contributed by atoms with Gasteiger partial charge in [-0.15, -0.1) is 0 Å². The molecule has 3 N–H and O–H groups in total. The Kier molecular flexibility index (Phi) is 4.19. The zero-order valence-electron chi connectivity index (χ0n) is 13.5. The third-order valence-electron chi connectivity index (χ3n) is 3.81. The molecule has 1 unspecified atom stereocenters. The number of fused-ring (bicyclic) bond motifs is 1. The largest absolute Gasteiger partial charge is 0.435 e. The Morgan fingerprint density at radius 3 is 2.77 bits per heavy atom. The molecule has 7 nitrogen and oxygen atoms in total. The number of rotatable bonds is 4. The van der Waals surface area contributed by atoms with Crippen molar-refractivity contribution in [2.24, 2.45) is 0 Å². The summed E-state index contributed by atoms with van der Waals surface area (Å²) < 4.78 is 25.8. The third-order valence-corrected chi connectivity index (χ3v) is 4.39. The summed E-state index contributed by atoms with van der Waals surface area (Å²) >= 11 is -1.91. The van der Waals surface area contributed by atoms with E-state index in [1.54, 1.807) is 24.4 Å². The number of para-hydroxylation sites is 2. The zero-order chi connectivity index (χ0) is 18.1. The summed E-state index contributed by atoms with van der Waals surface area (Å²) in [5, 5.41) is 0. The normalized spacial score (nSPS) is 12.3. The molecule has 0 aliphatic heterocycles. The van der Waals surface area contributed by atoms with Gasteiger partial charge in [-0.05, 0) is 23.8 Å². The van der Waals surface area contributed by atoms with Crippen LogP contribution in [0.15, 0.2) is 59.1 Å². The molecule has 2 aromatic carbocycles. The first-order valence-electron chi connectivity index (χ1n) is 7.75. The minimum Gasteiger partial charge on any atom is -0.435 e. The molecule has 0 bridgehead atoms. The summed E-state index contributed by atoms with van der Waals surface area (Å²) in [5.41, 5.74) is 9.74. The van der Waals surface area contributed by atoms with Crippen LogP contribution in [0.5, 0.6) is 0 Å². The zero-order valence-corrected chi connectivity index (χ0v) is 14.3. The second kappa shape index (κ2) is 6.66. The molecule has 2 heterocycles. The quantitative estimate of drug-likeness (QED) is 0.533. The van der Waals surface area contributed by atoms with Gasteiger partial charge >= 0.3 is 0 Å². The lowest BCUT2D eigenvalue weighted by Gasteiger charge is -2.06. The molecule has 4 aromatic rings. The van der Waals surface area contributed by atoms with Gasteiger partial charge in [0.2, 0.25) is 5.89 Å². The molecule has 8 heteroatoms. The van der Waals surface area contributed by atoms with Gasteiger partial charge in [-0.3, -0.25) is 0 Å².